The Morgan fingerprint density at radius 3 is 1.91 bits per heavy atom. The van der Waals surface area contributed by atoms with Crippen LogP contribution in [0.5, 0.6) is 0 Å². The van der Waals surface area contributed by atoms with Gasteiger partial charge in [-0.15, -0.1) is 0 Å². The number of nitrogens with zero attached hydrogens (tertiary/aromatic N) is 1. The van der Waals surface area contributed by atoms with Crippen LogP contribution in [-0.2, 0) is 0 Å². The summed E-state index contributed by atoms with van der Waals surface area (Å²) >= 11 is 0. The van der Waals surface area contributed by atoms with E-state index in [0.717, 1.165) is 39.0 Å². The second kappa shape index (κ2) is 9.86. The minimum absolute atomic E-state index is 0.908. The summed E-state index contributed by atoms with van der Waals surface area (Å²) in [4.78, 5) is 2.38. The van der Waals surface area contributed by atoms with Crippen molar-refractivity contribution in [2.24, 2.45) is 0 Å². The van der Waals surface area contributed by atoms with Crippen LogP contribution in [-0.4, -0.2) is 0 Å². The molecule has 9 rings (SSSR count). The zero-order valence-corrected chi connectivity index (χ0v) is 23.9. The summed E-state index contributed by atoms with van der Waals surface area (Å²) in [5.41, 5.74) is 7.52. The maximum Gasteiger partial charge on any atom is 0.136 e. The van der Waals surface area contributed by atoms with Crippen molar-refractivity contribution in [1.82, 2.24) is 0 Å². The Balaban J connectivity index is 1.30. The minimum atomic E-state index is 0.908. The molecule has 0 aliphatic carbocycles. The summed E-state index contributed by atoms with van der Waals surface area (Å²) in [6.07, 6.45) is 0. The van der Waals surface area contributed by atoms with Gasteiger partial charge in [-0.2, -0.15) is 0 Å². The number of hydrogen-bond donors (Lipinski definition) is 0. The van der Waals surface area contributed by atoms with Gasteiger partial charge in [-0.05, 0) is 92.0 Å². The van der Waals surface area contributed by atoms with Crippen LogP contribution in [0, 0.1) is 0 Å². The summed E-state index contributed by atoms with van der Waals surface area (Å²) < 4.78 is 6.26. The van der Waals surface area contributed by atoms with Gasteiger partial charge in [0.05, 0.1) is 0 Å². The molecule has 0 fully saturated rings. The van der Waals surface area contributed by atoms with Crippen molar-refractivity contribution in [3.05, 3.63) is 164 Å². The van der Waals surface area contributed by atoms with Crippen LogP contribution < -0.4 is 4.90 Å². The fraction of sp³-hybridized carbons (Fsp3) is 0. The summed E-state index contributed by atoms with van der Waals surface area (Å²) in [7, 11) is 0. The molecule has 0 aliphatic rings. The van der Waals surface area contributed by atoms with Crippen molar-refractivity contribution in [3.63, 3.8) is 0 Å². The molecule has 0 aliphatic heterocycles. The third-order valence-electron chi connectivity index (χ3n) is 8.80. The number of hydrogen-bond acceptors (Lipinski definition) is 2. The first kappa shape index (κ1) is 24.7. The van der Waals surface area contributed by atoms with Gasteiger partial charge in [-0.25, -0.2) is 0 Å². The van der Waals surface area contributed by atoms with Gasteiger partial charge < -0.3 is 9.32 Å². The molecule has 0 bridgehead atoms. The van der Waals surface area contributed by atoms with Crippen molar-refractivity contribution in [2.45, 2.75) is 0 Å². The van der Waals surface area contributed by atoms with E-state index in [1.807, 2.05) is 12.1 Å². The molecule has 1 aromatic heterocycles. The van der Waals surface area contributed by atoms with Gasteiger partial charge in [-0.1, -0.05) is 115 Å². The van der Waals surface area contributed by atoms with Crippen LogP contribution in [0.4, 0.5) is 17.1 Å². The van der Waals surface area contributed by atoms with E-state index in [2.05, 4.69) is 157 Å². The van der Waals surface area contributed by atoms with E-state index in [1.54, 1.807) is 0 Å². The number of fused-ring (bicyclic) bond motifs is 8. The van der Waals surface area contributed by atoms with Crippen molar-refractivity contribution in [2.75, 3.05) is 4.90 Å². The molecule has 0 N–H and O–H groups in total. The highest BCUT2D eigenvalue weighted by atomic mass is 16.3. The molecule has 0 amide bonds. The summed E-state index contributed by atoms with van der Waals surface area (Å²) in [6, 6.07) is 58.7. The molecule has 0 saturated heterocycles. The van der Waals surface area contributed by atoms with Gasteiger partial charge >= 0.3 is 0 Å². The molecular weight excluding hydrogens is 534 g/mol. The minimum Gasteiger partial charge on any atom is -0.456 e. The molecule has 2 heteroatoms. The Bertz CT molecular complexity index is 2510. The maximum absolute atomic E-state index is 6.26. The van der Waals surface area contributed by atoms with E-state index in [-0.39, 0.29) is 0 Å². The zero-order valence-electron chi connectivity index (χ0n) is 23.9. The third kappa shape index (κ3) is 3.96. The average molecular weight is 562 g/mol. The zero-order chi connectivity index (χ0) is 29.0. The fourth-order valence-corrected chi connectivity index (χ4v) is 6.71. The normalized spacial score (nSPS) is 11.6. The second-order valence-electron chi connectivity index (χ2n) is 11.4. The largest absolute Gasteiger partial charge is 0.456 e. The smallest absolute Gasteiger partial charge is 0.136 e. The molecule has 0 atom stereocenters. The first-order chi connectivity index (χ1) is 21.8. The Morgan fingerprint density at radius 2 is 0.977 bits per heavy atom. The lowest BCUT2D eigenvalue weighted by Gasteiger charge is -2.27. The van der Waals surface area contributed by atoms with Crippen LogP contribution in [0.3, 0.4) is 0 Å². The Morgan fingerprint density at radius 1 is 0.341 bits per heavy atom. The molecule has 1 heterocycles. The number of furan rings is 1. The Kier molecular flexibility index (Phi) is 5.54. The van der Waals surface area contributed by atoms with Gasteiger partial charge in [-0.3, -0.25) is 0 Å². The number of para-hydroxylation sites is 1. The van der Waals surface area contributed by atoms with Crippen LogP contribution in [0.1, 0.15) is 0 Å². The first-order valence-corrected chi connectivity index (χ1v) is 15.0. The molecule has 8 aromatic carbocycles. The van der Waals surface area contributed by atoms with E-state index in [0.29, 0.717) is 0 Å². The number of anilines is 3. The topological polar surface area (TPSA) is 16.4 Å². The molecule has 0 radical (unpaired) electrons. The van der Waals surface area contributed by atoms with Crippen LogP contribution in [0.15, 0.2) is 168 Å². The van der Waals surface area contributed by atoms with Crippen LogP contribution in [0.2, 0.25) is 0 Å². The standard InChI is InChI=1S/C42H27NO/c1-2-9-28(10-3-1)31-12-8-13-33(25-31)43(34-22-23-37-32(26-34)18-17-29-11-4-5-14-36(29)37)35-21-19-30-20-24-41-42(39(30)27-35)38-15-6-7-16-40(38)44-41/h1-27H. The summed E-state index contributed by atoms with van der Waals surface area (Å²) in [5.74, 6) is 0. The highest BCUT2D eigenvalue weighted by Gasteiger charge is 2.17. The van der Waals surface area contributed by atoms with E-state index in [9.17, 15) is 0 Å². The predicted molar refractivity (Wildman–Crippen MR) is 186 cm³/mol. The molecular formula is C42H27NO. The highest BCUT2D eigenvalue weighted by Crippen LogP contribution is 2.42. The first-order valence-electron chi connectivity index (χ1n) is 15.0. The fourth-order valence-electron chi connectivity index (χ4n) is 6.71. The van der Waals surface area contributed by atoms with Gasteiger partial charge in [0.2, 0.25) is 0 Å². The molecule has 2 nitrogen and oxygen atoms in total. The van der Waals surface area contributed by atoms with Gasteiger partial charge in [0.25, 0.3) is 0 Å². The van der Waals surface area contributed by atoms with E-state index < -0.39 is 0 Å². The van der Waals surface area contributed by atoms with Gasteiger partial charge in [0.1, 0.15) is 11.2 Å². The molecule has 0 unspecified atom stereocenters. The van der Waals surface area contributed by atoms with E-state index >= 15 is 0 Å². The van der Waals surface area contributed by atoms with Crippen molar-refractivity contribution in [1.29, 1.82) is 0 Å². The maximum atomic E-state index is 6.26. The summed E-state index contributed by atoms with van der Waals surface area (Å²) in [5, 5.41) is 9.67. The molecule has 0 spiro atoms. The van der Waals surface area contributed by atoms with Crippen LogP contribution in [0.25, 0.3) is 65.4 Å². The van der Waals surface area contributed by atoms with Crippen molar-refractivity contribution < 1.29 is 4.42 Å². The second-order valence-corrected chi connectivity index (χ2v) is 11.4. The van der Waals surface area contributed by atoms with Crippen molar-refractivity contribution >= 4 is 71.3 Å². The lowest BCUT2D eigenvalue weighted by Crippen LogP contribution is -2.10. The quantitative estimate of drug-likeness (QED) is 0.199. The summed E-state index contributed by atoms with van der Waals surface area (Å²) in [6.45, 7) is 0. The van der Waals surface area contributed by atoms with Crippen LogP contribution >= 0.6 is 0 Å². The van der Waals surface area contributed by atoms with Gasteiger partial charge in [0, 0.05) is 27.8 Å². The highest BCUT2D eigenvalue weighted by molar-refractivity contribution is 6.19. The average Bonchev–Trinajstić information content (AvgIpc) is 3.48. The number of benzene rings is 8. The third-order valence-corrected chi connectivity index (χ3v) is 8.80. The number of rotatable bonds is 4. The lowest BCUT2D eigenvalue weighted by atomic mass is 10.00. The molecule has 9 aromatic rings. The molecule has 206 valence electrons. The molecule has 0 saturated carbocycles. The van der Waals surface area contributed by atoms with E-state index in [4.69, 9.17) is 4.42 Å². The monoisotopic (exact) mass is 561 g/mol. The van der Waals surface area contributed by atoms with Gasteiger partial charge in [0.15, 0.2) is 0 Å². The Labute approximate surface area is 255 Å². The Hall–Kier alpha value is -5.86. The lowest BCUT2D eigenvalue weighted by molar-refractivity contribution is 0.669. The van der Waals surface area contributed by atoms with Crippen molar-refractivity contribution in [3.8, 4) is 11.1 Å². The SMILES string of the molecule is c1ccc(-c2cccc(N(c3ccc4c(ccc5ccccc54)c3)c3ccc4ccc5oc6ccccc6c5c4c3)c2)cc1. The van der Waals surface area contributed by atoms with E-state index in [1.165, 1.54) is 43.4 Å². The molecule has 44 heavy (non-hydrogen) atoms. The predicted octanol–water partition coefficient (Wildman–Crippen LogP) is 12.2.